The lowest BCUT2D eigenvalue weighted by Crippen LogP contribution is -2.29. The summed E-state index contributed by atoms with van der Waals surface area (Å²) < 4.78 is 5.27. The summed E-state index contributed by atoms with van der Waals surface area (Å²) >= 11 is 1.84. The molecule has 0 aliphatic carbocycles. The first-order chi connectivity index (χ1) is 14.2. The molecule has 0 fully saturated rings. The molecule has 0 saturated heterocycles. The van der Waals surface area contributed by atoms with Crippen LogP contribution < -0.4 is 5.32 Å². The molecule has 1 aromatic heterocycles. The van der Waals surface area contributed by atoms with Gasteiger partial charge in [0.15, 0.2) is 0 Å². The molecule has 3 aromatic rings. The Bertz CT molecular complexity index is 865. The zero-order valence-electron chi connectivity index (χ0n) is 16.8. The molecule has 4 nitrogen and oxygen atoms in total. The minimum atomic E-state index is -0.364. The van der Waals surface area contributed by atoms with Gasteiger partial charge in [-0.25, -0.2) is 4.79 Å². The zero-order chi connectivity index (χ0) is 20.3. The van der Waals surface area contributed by atoms with Gasteiger partial charge in [-0.05, 0) is 36.6 Å². The van der Waals surface area contributed by atoms with E-state index in [-0.39, 0.29) is 6.09 Å². The summed E-state index contributed by atoms with van der Waals surface area (Å²) in [7, 11) is 0. The van der Waals surface area contributed by atoms with Crippen molar-refractivity contribution in [3.8, 4) is 0 Å². The van der Waals surface area contributed by atoms with Gasteiger partial charge >= 0.3 is 6.09 Å². The van der Waals surface area contributed by atoms with Gasteiger partial charge in [-0.2, -0.15) is 0 Å². The summed E-state index contributed by atoms with van der Waals surface area (Å²) in [6.45, 7) is 5.76. The first-order valence-corrected chi connectivity index (χ1v) is 10.8. The van der Waals surface area contributed by atoms with E-state index in [1.807, 2.05) is 47.7 Å². The number of carbonyl (C=O) groups excluding carboxylic acids is 1. The number of thiophene rings is 1. The highest BCUT2D eigenvalue weighted by Gasteiger charge is 2.09. The van der Waals surface area contributed by atoms with E-state index >= 15 is 0 Å². The van der Waals surface area contributed by atoms with Gasteiger partial charge in [0.1, 0.15) is 6.61 Å². The third-order valence-corrected chi connectivity index (χ3v) is 5.54. The molecule has 0 aliphatic heterocycles. The predicted molar refractivity (Wildman–Crippen MR) is 119 cm³/mol. The standard InChI is InChI=1S/C24H28N2O2S/c1-20-13-14-23(29-20)18-26(17-21-9-4-2-5-10-21)16-8-15-25-24(27)28-19-22-11-6-3-7-12-22/h2-7,9-14H,8,15-19H2,1H3,(H,25,27). The number of alkyl carbamates (subject to hydrolysis) is 1. The number of aryl methyl sites for hydroxylation is 1. The summed E-state index contributed by atoms with van der Waals surface area (Å²) in [5.74, 6) is 0. The number of ether oxygens (including phenoxy) is 1. The summed E-state index contributed by atoms with van der Waals surface area (Å²) in [5.41, 5.74) is 2.29. The number of benzene rings is 2. The summed E-state index contributed by atoms with van der Waals surface area (Å²) in [6, 6.07) is 24.6. The van der Waals surface area contributed by atoms with Crippen LogP contribution in [0.15, 0.2) is 72.8 Å². The van der Waals surface area contributed by atoms with Crippen LogP contribution in [-0.2, 0) is 24.4 Å². The molecular weight excluding hydrogens is 380 g/mol. The second kappa shape index (κ2) is 11.4. The molecule has 1 heterocycles. The molecule has 0 saturated carbocycles. The molecule has 0 atom stereocenters. The van der Waals surface area contributed by atoms with Crippen molar-refractivity contribution in [2.75, 3.05) is 13.1 Å². The highest BCUT2D eigenvalue weighted by molar-refractivity contribution is 7.11. The molecule has 29 heavy (non-hydrogen) atoms. The molecule has 1 N–H and O–H groups in total. The zero-order valence-corrected chi connectivity index (χ0v) is 17.7. The molecule has 1 amide bonds. The summed E-state index contributed by atoms with van der Waals surface area (Å²) in [6.07, 6.45) is 0.509. The normalized spacial score (nSPS) is 10.8. The summed E-state index contributed by atoms with van der Waals surface area (Å²) in [4.78, 5) is 17.0. The lowest BCUT2D eigenvalue weighted by molar-refractivity contribution is 0.139. The smallest absolute Gasteiger partial charge is 0.407 e. The van der Waals surface area contributed by atoms with Crippen LogP contribution in [0.25, 0.3) is 0 Å². The maximum atomic E-state index is 11.9. The van der Waals surface area contributed by atoms with Crippen LogP contribution in [0, 0.1) is 6.92 Å². The van der Waals surface area contributed by atoms with E-state index in [1.165, 1.54) is 15.3 Å². The maximum absolute atomic E-state index is 11.9. The van der Waals surface area contributed by atoms with Gasteiger partial charge in [-0.15, -0.1) is 11.3 Å². The number of amides is 1. The second-order valence-corrected chi connectivity index (χ2v) is 8.42. The number of hydrogen-bond donors (Lipinski definition) is 1. The first-order valence-electron chi connectivity index (χ1n) is 9.95. The van der Waals surface area contributed by atoms with Gasteiger partial charge in [0.05, 0.1) is 0 Å². The first kappa shape index (κ1) is 21.1. The van der Waals surface area contributed by atoms with Crippen LogP contribution in [0.3, 0.4) is 0 Å². The highest BCUT2D eigenvalue weighted by atomic mass is 32.1. The van der Waals surface area contributed by atoms with Crippen molar-refractivity contribution in [1.29, 1.82) is 0 Å². The van der Waals surface area contributed by atoms with Gasteiger partial charge < -0.3 is 10.1 Å². The third-order valence-electron chi connectivity index (χ3n) is 4.56. The number of carbonyl (C=O) groups is 1. The summed E-state index contributed by atoms with van der Waals surface area (Å²) in [5, 5.41) is 2.85. The van der Waals surface area contributed by atoms with E-state index in [0.29, 0.717) is 13.2 Å². The van der Waals surface area contributed by atoms with Crippen LogP contribution in [0.5, 0.6) is 0 Å². The molecule has 5 heteroatoms. The number of nitrogens with one attached hydrogen (secondary N) is 1. The number of nitrogens with zero attached hydrogens (tertiary/aromatic N) is 1. The van der Waals surface area contributed by atoms with Gasteiger partial charge in [-0.3, -0.25) is 4.90 Å². The van der Waals surface area contributed by atoms with Crippen molar-refractivity contribution in [2.24, 2.45) is 0 Å². The molecule has 0 unspecified atom stereocenters. The lowest BCUT2D eigenvalue weighted by Gasteiger charge is -2.22. The molecule has 0 radical (unpaired) electrons. The van der Waals surface area contributed by atoms with Crippen molar-refractivity contribution in [3.63, 3.8) is 0 Å². The fourth-order valence-electron chi connectivity index (χ4n) is 3.11. The number of hydrogen-bond acceptors (Lipinski definition) is 4. The average molecular weight is 409 g/mol. The Balaban J connectivity index is 1.43. The Morgan fingerprint density at radius 1 is 0.931 bits per heavy atom. The molecular formula is C24H28N2O2S. The Morgan fingerprint density at radius 2 is 1.62 bits per heavy atom. The molecule has 0 aliphatic rings. The van der Waals surface area contributed by atoms with Crippen LogP contribution in [0.4, 0.5) is 4.79 Å². The Labute approximate surface area is 177 Å². The fourth-order valence-corrected chi connectivity index (χ4v) is 4.05. The van der Waals surface area contributed by atoms with Gasteiger partial charge in [-0.1, -0.05) is 60.7 Å². The minimum Gasteiger partial charge on any atom is -0.445 e. The van der Waals surface area contributed by atoms with E-state index in [4.69, 9.17) is 4.74 Å². The molecule has 2 aromatic carbocycles. The van der Waals surface area contributed by atoms with E-state index < -0.39 is 0 Å². The third kappa shape index (κ3) is 7.72. The minimum absolute atomic E-state index is 0.296. The van der Waals surface area contributed by atoms with Crippen LogP contribution in [-0.4, -0.2) is 24.1 Å². The average Bonchev–Trinajstić information content (AvgIpc) is 3.15. The second-order valence-electron chi connectivity index (χ2n) is 7.05. The van der Waals surface area contributed by atoms with Crippen molar-refractivity contribution < 1.29 is 9.53 Å². The fraction of sp³-hybridized carbons (Fsp3) is 0.292. The molecule has 0 spiro atoms. The Hall–Kier alpha value is -2.63. The highest BCUT2D eigenvalue weighted by Crippen LogP contribution is 2.18. The molecule has 3 rings (SSSR count). The SMILES string of the molecule is Cc1ccc(CN(CCCNC(=O)OCc2ccccc2)Cc2ccccc2)s1. The molecule has 152 valence electrons. The van der Waals surface area contributed by atoms with Gasteiger partial charge in [0.25, 0.3) is 0 Å². The maximum Gasteiger partial charge on any atom is 0.407 e. The van der Waals surface area contributed by atoms with E-state index in [9.17, 15) is 4.79 Å². The van der Waals surface area contributed by atoms with Crippen molar-refractivity contribution >= 4 is 17.4 Å². The van der Waals surface area contributed by atoms with Crippen molar-refractivity contribution in [2.45, 2.75) is 33.0 Å². The molecule has 0 bridgehead atoms. The monoisotopic (exact) mass is 408 g/mol. The topological polar surface area (TPSA) is 41.6 Å². The number of rotatable bonds is 10. The van der Waals surface area contributed by atoms with Gasteiger partial charge in [0, 0.05) is 35.9 Å². The van der Waals surface area contributed by atoms with Crippen LogP contribution in [0.2, 0.25) is 0 Å². The van der Waals surface area contributed by atoms with E-state index in [2.05, 4.69) is 53.5 Å². The Kier molecular flexibility index (Phi) is 8.28. The van der Waals surface area contributed by atoms with Crippen molar-refractivity contribution in [1.82, 2.24) is 10.2 Å². The van der Waals surface area contributed by atoms with Crippen LogP contribution in [0.1, 0.15) is 27.3 Å². The quantitative estimate of drug-likeness (QED) is 0.458. The largest absolute Gasteiger partial charge is 0.445 e. The predicted octanol–water partition coefficient (Wildman–Crippen LogP) is 5.38. The van der Waals surface area contributed by atoms with Crippen molar-refractivity contribution in [3.05, 3.63) is 93.7 Å². The van der Waals surface area contributed by atoms with Crippen LogP contribution >= 0.6 is 11.3 Å². The van der Waals surface area contributed by atoms with E-state index in [0.717, 1.165) is 31.6 Å². The van der Waals surface area contributed by atoms with E-state index in [1.54, 1.807) is 0 Å². The van der Waals surface area contributed by atoms with Gasteiger partial charge in [0.2, 0.25) is 0 Å². The Morgan fingerprint density at radius 3 is 2.28 bits per heavy atom. The lowest BCUT2D eigenvalue weighted by atomic mass is 10.2.